The molecule has 0 bridgehead atoms. The lowest BCUT2D eigenvalue weighted by atomic mass is 10.1. The molecule has 0 saturated heterocycles. The van der Waals surface area contributed by atoms with Crippen molar-refractivity contribution >= 4 is 23.6 Å². The molecule has 100 valence electrons. The largest absolute Gasteiger partial charge is 0.461 e. The Kier molecular flexibility index (Phi) is 13.3. The fraction of sp³-hybridized carbons (Fsp3) is 0.857. The van der Waals surface area contributed by atoms with Crippen molar-refractivity contribution in [2.75, 3.05) is 6.61 Å². The van der Waals surface area contributed by atoms with E-state index in [9.17, 15) is 4.79 Å². The van der Waals surface area contributed by atoms with Crippen LogP contribution in [0.4, 0.5) is 0 Å². The van der Waals surface area contributed by atoms with Crippen LogP contribution in [0, 0.1) is 0 Å². The average molecular weight is 258 g/mol. The first-order valence-electron chi connectivity index (χ1n) is 6.90. The molecule has 0 spiro atoms. The van der Waals surface area contributed by atoms with Gasteiger partial charge in [-0.1, -0.05) is 70.5 Å². The summed E-state index contributed by atoms with van der Waals surface area (Å²) in [6.45, 7) is 2.51. The molecule has 0 aromatic carbocycles. The van der Waals surface area contributed by atoms with Crippen molar-refractivity contribution in [3.8, 4) is 0 Å². The number of carbonyl (C=O) groups excluding carboxylic acids is 1. The molecule has 0 aliphatic carbocycles. The second-order valence-electron chi connectivity index (χ2n) is 4.43. The molecule has 3 heteroatoms. The highest BCUT2D eigenvalue weighted by molar-refractivity contribution is 7.79. The summed E-state index contributed by atoms with van der Waals surface area (Å²) in [5.74, 6) is -0.117. The van der Waals surface area contributed by atoms with Gasteiger partial charge in [0.05, 0.1) is 0 Å². The van der Waals surface area contributed by atoms with Gasteiger partial charge in [-0.2, -0.15) is 0 Å². The first-order chi connectivity index (χ1) is 8.31. The van der Waals surface area contributed by atoms with Gasteiger partial charge >= 0.3 is 5.97 Å². The van der Waals surface area contributed by atoms with Crippen LogP contribution >= 0.6 is 12.2 Å². The maximum absolute atomic E-state index is 11.1. The van der Waals surface area contributed by atoms with Crippen LogP contribution in [0.25, 0.3) is 0 Å². The molecule has 0 atom stereocenters. The van der Waals surface area contributed by atoms with Crippen LogP contribution in [-0.2, 0) is 9.53 Å². The van der Waals surface area contributed by atoms with E-state index in [4.69, 9.17) is 4.74 Å². The molecule has 0 unspecified atom stereocenters. The number of esters is 1. The van der Waals surface area contributed by atoms with Gasteiger partial charge in [-0.3, -0.25) is 4.79 Å². The van der Waals surface area contributed by atoms with E-state index in [0.717, 1.165) is 12.8 Å². The molecule has 0 aromatic rings. The molecule has 17 heavy (non-hydrogen) atoms. The van der Waals surface area contributed by atoms with Gasteiger partial charge in [0, 0.05) is 11.8 Å². The van der Waals surface area contributed by atoms with Crippen molar-refractivity contribution in [2.45, 2.75) is 71.1 Å². The molecule has 0 N–H and O–H groups in total. The predicted molar refractivity (Wildman–Crippen MR) is 76.5 cm³/mol. The van der Waals surface area contributed by atoms with Crippen molar-refractivity contribution < 1.29 is 9.53 Å². The summed E-state index contributed by atoms with van der Waals surface area (Å²) in [6.07, 6.45) is 11.9. The Morgan fingerprint density at radius 1 is 1.00 bits per heavy atom. The van der Waals surface area contributed by atoms with Crippen molar-refractivity contribution in [1.29, 1.82) is 0 Å². The number of hydrogen-bond acceptors (Lipinski definition) is 3. The van der Waals surface area contributed by atoms with E-state index in [1.165, 1.54) is 50.3 Å². The molecule has 2 nitrogen and oxygen atoms in total. The van der Waals surface area contributed by atoms with Gasteiger partial charge in [-0.15, -0.1) is 0 Å². The zero-order valence-corrected chi connectivity index (χ0v) is 11.9. The fourth-order valence-corrected chi connectivity index (χ4v) is 1.85. The predicted octanol–water partition coefficient (Wildman–Crippen LogP) is 4.45. The van der Waals surface area contributed by atoms with Crippen LogP contribution in [0.2, 0.25) is 0 Å². The molecular formula is C14H26O2S. The van der Waals surface area contributed by atoms with Gasteiger partial charge < -0.3 is 4.74 Å². The molecular weight excluding hydrogens is 232 g/mol. The highest BCUT2D eigenvalue weighted by atomic mass is 32.1. The quantitative estimate of drug-likeness (QED) is 0.294. The highest BCUT2D eigenvalue weighted by Crippen LogP contribution is 2.10. The third kappa shape index (κ3) is 13.5. The standard InChI is InChI=1S/C14H26O2S/c1-2-3-4-5-6-7-8-9-10-11-14(15)16-12-13-17/h13H,2-12H2,1H3. The number of thiocarbonyl (C=S) groups is 1. The second kappa shape index (κ2) is 13.6. The Bertz CT molecular complexity index is 193. The summed E-state index contributed by atoms with van der Waals surface area (Å²) in [5, 5.41) is 1.44. The van der Waals surface area contributed by atoms with Gasteiger partial charge in [-0.25, -0.2) is 0 Å². The van der Waals surface area contributed by atoms with Crippen LogP contribution in [0.3, 0.4) is 0 Å². The third-order valence-corrected chi connectivity index (χ3v) is 2.93. The topological polar surface area (TPSA) is 26.3 Å². The lowest BCUT2D eigenvalue weighted by molar-refractivity contribution is -0.141. The minimum Gasteiger partial charge on any atom is -0.461 e. The maximum atomic E-state index is 11.1. The Morgan fingerprint density at radius 2 is 1.53 bits per heavy atom. The summed E-state index contributed by atoms with van der Waals surface area (Å²) in [5.41, 5.74) is 0. The van der Waals surface area contributed by atoms with Crippen LogP contribution in [0.15, 0.2) is 0 Å². The minimum absolute atomic E-state index is 0.117. The Labute approximate surface area is 111 Å². The van der Waals surface area contributed by atoms with Crippen molar-refractivity contribution in [3.63, 3.8) is 0 Å². The normalized spacial score (nSPS) is 10.2. The molecule has 0 aliphatic rings. The molecule has 0 fully saturated rings. The molecule has 0 aliphatic heterocycles. The molecule has 0 radical (unpaired) electrons. The molecule has 0 saturated carbocycles. The SMILES string of the molecule is CCCCCCCCCCCC(=O)OCC=S. The van der Waals surface area contributed by atoms with Crippen LogP contribution in [0.5, 0.6) is 0 Å². The van der Waals surface area contributed by atoms with Gasteiger partial charge in [0.25, 0.3) is 0 Å². The van der Waals surface area contributed by atoms with Crippen molar-refractivity contribution in [1.82, 2.24) is 0 Å². The average Bonchev–Trinajstić information content (AvgIpc) is 2.34. The van der Waals surface area contributed by atoms with Gasteiger partial charge in [0.15, 0.2) is 0 Å². The van der Waals surface area contributed by atoms with Gasteiger partial charge in [0.2, 0.25) is 0 Å². The number of rotatable bonds is 12. The van der Waals surface area contributed by atoms with Crippen LogP contribution < -0.4 is 0 Å². The lowest BCUT2D eigenvalue weighted by Crippen LogP contribution is -2.05. The number of hydrogen-bond donors (Lipinski definition) is 0. The first kappa shape index (κ1) is 16.6. The van der Waals surface area contributed by atoms with E-state index in [1.807, 2.05) is 0 Å². The van der Waals surface area contributed by atoms with E-state index in [2.05, 4.69) is 19.1 Å². The fourth-order valence-electron chi connectivity index (χ4n) is 1.78. The Balaban J connectivity index is 3.07. The van der Waals surface area contributed by atoms with E-state index in [0.29, 0.717) is 6.42 Å². The summed E-state index contributed by atoms with van der Waals surface area (Å²) >= 11 is 4.58. The summed E-state index contributed by atoms with van der Waals surface area (Å²) < 4.78 is 4.86. The monoisotopic (exact) mass is 258 g/mol. The molecule has 0 amide bonds. The number of ether oxygens (including phenoxy) is 1. The lowest BCUT2D eigenvalue weighted by Gasteiger charge is -2.02. The zero-order chi connectivity index (χ0) is 12.8. The van der Waals surface area contributed by atoms with E-state index in [1.54, 1.807) is 0 Å². The molecule has 0 heterocycles. The number of unbranched alkanes of at least 4 members (excludes halogenated alkanes) is 8. The minimum atomic E-state index is -0.117. The Morgan fingerprint density at radius 3 is 2.06 bits per heavy atom. The van der Waals surface area contributed by atoms with E-state index < -0.39 is 0 Å². The summed E-state index contributed by atoms with van der Waals surface area (Å²) in [4.78, 5) is 11.1. The third-order valence-electron chi connectivity index (χ3n) is 2.80. The second-order valence-corrected chi connectivity index (χ2v) is 4.76. The maximum Gasteiger partial charge on any atom is 0.306 e. The summed E-state index contributed by atoms with van der Waals surface area (Å²) in [7, 11) is 0. The molecule has 0 rings (SSSR count). The van der Waals surface area contributed by atoms with Crippen LogP contribution in [-0.4, -0.2) is 17.9 Å². The van der Waals surface area contributed by atoms with Gasteiger partial charge in [0.1, 0.15) is 6.61 Å². The van der Waals surface area contributed by atoms with E-state index >= 15 is 0 Å². The van der Waals surface area contributed by atoms with Crippen LogP contribution in [0.1, 0.15) is 71.1 Å². The zero-order valence-electron chi connectivity index (χ0n) is 11.1. The smallest absolute Gasteiger partial charge is 0.306 e. The first-order valence-corrected chi connectivity index (χ1v) is 7.37. The van der Waals surface area contributed by atoms with Gasteiger partial charge in [-0.05, 0) is 6.42 Å². The summed E-state index contributed by atoms with van der Waals surface area (Å²) in [6, 6.07) is 0. The number of carbonyl (C=O) groups is 1. The van der Waals surface area contributed by atoms with E-state index in [-0.39, 0.29) is 12.6 Å². The van der Waals surface area contributed by atoms with Crippen molar-refractivity contribution in [2.24, 2.45) is 0 Å². The Hall–Kier alpha value is -0.440. The molecule has 0 aromatic heterocycles. The van der Waals surface area contributed by atoms with Crippen molar-refractivity contribution in [3.05, 3.63) is 0 Å². The highest BCUT2D eigenvalue weighted by Gasteiger charge is 2.00.